The summed E-state index contributed by atoms with van der Waals surface area (Å²) in [6, 6.07) is 13.9. The van der Waals surface area contributed by atoms with Crippen molar-refractivity contribution in [2.75, 3.05) is 4.90 Å². The summed E-state index contributed by atoms with van der Waals surface area (Å²) >= 11 is 0. The van der Waals surface area contributed by atoms with Crippen molar-refractivity contribution in [3.8, 4) is 11.6 Å². The number of amides is 2. The van der Waals surface area contributed by atoms with E-state index in [-0.39, 0.29) is 24.3 Å². The number of carbonyl (C=O) groups excluding carboxylic acids is 2. The zero-order valence-electron chi connectivity index (χ0n) is 22.9. The summed E-state index contributed by atoms with van der Waals surface area (Å²) in [5.41, 5.74) is 2.92. The maximum Gasteiger partial charge on any atom is 0.251 e. The molecule has 1 aliphatic carbocycles. The van der Waals surface area contributed by atoms with Gasteiger partial charge in [-0.2, -0.15) is 4.80 Å². The predicted octanol–water partition coefficient (Wildman–Crippen LogP) is 5.22. The molecule has 5 rings (SSSR count). The van der Waals surface area contributed by atoms with Crippen LogP contribution in [0.1, 0.15) is 60.6 Å². The lowest BCUT2D eigenvalue weighted by Crippen LogP contribution is -2.48. The number of hydrogen-bond acceptors (Lipinski definition) is 6. The summed E-state index contributed by atoms with van der Waals surface area (Å²) in [7, 11) is 0. The van der Waals surface area contributed by atoms with Crippen LogP contribution in [0.25, 0.3) is 11.6 Å². The Kier molecular flexibility index (Phi) is 8.04. The fourth-order valence-corrected chi connectivity index (χ4v) is 5.24. The second kappa shape index (κ2) is 11.8. The highest BCUT2D eigenvalue weighted by molar-refractivity contribution is 6.01. The number of nitrogens with one attached hydrogen (secondary N) is 1. The van der Waals surface area contributed by atoms with Gasteiger partial charge in [0.05, 0.1) is 0 Å². The predicted molar refractivity (Wildman–Crippen MR) is 148 cm³/mol. The largest absolute Gasteiger partial charge is 0.458 e. The summed E-state index contributed by atoms with van der Waals surface area (Å²) in [5.74, 6) is 0.244. The van der Waals surface area contributed by atoms with Gasteiger partial charge in [-0.25, -0.2) is 4.39 Å². The van der Waals surface area contributed by atoms with Gasteiger partial charge in [0.25, 0.3) is 5.91 Å². The number of nitrogens with zero attached hydrogens (tertiary/aromatic N) is 5. The van der Waals surface area contributed by atoms with Gasteiger partial charge in [-0.3, -0.25) is 14.5 Å². The Morgan fingerprint density at radius 1 is 1.05 bits per heavy atom. The Bertz CT molecular complexity index is 1490. The number of hydrogen-bond donors (Lipinski definition) is 1. The minimum atomic E-state index is -1.04. The molecule has 0 spiro atoms. The number of benzene rings is 2. The SMILES string of the molecule is Cc1ccc(N(C(=O)Cn2nnc(-c3ccc(C)o3)n2)[C@@H](C(=O)NC2CCCCC2)c2ccc(F)cc2)c(C)c1. The van der Waals surface area contributed by atoms with Gasteiger partial charge in [0, 0.05) is 11.7 Å². The fraction of sp³-hybridized carbons (Fsp3) is 0.367. The number of tetrazole rings is 1. The molecule has 1 fully saturated rings. The van der Waals surface area contributed by atoms with Gasteiger partial charge in [-0.1, -0.05) is 49.1 Å². The summed E-state index contributed by atoms with van der Waals surface area (Å²) in [4.78, 5) is 30.7. The van der Waals surface area contributed by atoms with Crippen LogP contribution in [-0.2, 0) is 16.1 Å². The summed E-state index contributed by atoms with van der Waals surface area (Å²) in [6.07, 6.45) is 5.00. The van der Waals surface area contributed by atoms with Crippen molar-refractivity contribution >= 4 is 17.5 Å². The van der Waals surface area contributed by atoms with Gasteiger partial charge in [0.2, 0.25) is 11.7 Å². The van der Waals surface area contributed by atoms with E-state index < -0.39 is 17.8 Å². The molecule has 0 radical (unpaired) electrons. The van der Waals surface area contributed by atoms with Crippen molar-refractivity contribution in [2.24, 2.45) is 0 Å². The van der Waals surface area contributed by atoms with Gasteiger partial charge in [-0.15, -0.1) is 10.2 Å². The van der Waals surface area contributed by atoms with Gasteiger partial charge in [0.15, 0.2) is 5.76 Å². The lowest BCUT2D eigenvalue weighted by molar-refractivity contribution is -0.127. The first-order valence-electron chi connectivity index (χ1n) is 13.6. The zero-order valence-corrected chi connectivity index (χ0v) is 22.9. The molecule has 40 heavy (non-hydrogen) atoms. The highest BCUT2D eigenvalue weighted by Crippen LogP contribution is 2.32. The van der Waals surface area contributed by atoms with Crippen molar-refractivity contribution in [3.63, 3.8) is 0 Å². The van der Waals surface area contributed by atoms with E-state index >= 15 is 0 Å². The molecule has 0 aliphatic heterocycles. The molecule has 2 amide bonds. The minimum absolute atomic E-state index is 0.0246. The average Bonchev–Trinajstić information content (AvgIpc) is 3.58. The smallest absolute Gasteiger partial charge is 0.251 e. The van der Waals surface area contributed by atoms with Gasteiger partial charge < -0.3 is 9.73 Å². The Balaban J connectivity index is 1.53. The third kappa shape index (κ3) is 6.11. The molecule has 1 atom stereocenters. The van der Waals surface area contributed by atoms with Crippen LogP contribution in [0.5, 0.6) is 0 Å². The topological polar surface area (TPSA) is 106 Å². The fourth-order valence-electron chi connectivity index (χ4n) is 5.24. The lowest BCUT2D eigenvalue weighted by Gasteiger charge is -2.34. The first kappa shape index (κ1) is 27.2. The first-order chi connectivity index (χ1) is 19.3. The number of aryl methyl sites for hydroxylation is 3. The van der Waals surface area contributed by atoms with Crippen LogP contribution in [-0.4, -0.2) is 38.1 Å². The maximum atomic E-state index is 14.1. The monoisotopic (exact) mass is 544 g/mol. The van der Waals surface area contributed by atoms with Crippen LogP contribution in [0.3, 0.4) is 0 Å². The van der Waals surface area contributed by atoms with Crippen LogP contribution in [0.2, 0.25) is 0 Å². The number of anilines is 1. The minimum Gasteiger partial charge on any atom is -0.458 e. The molecule has 1 N–H and O–H groups in total. The van der Waals surface area contributed by atoms with E-state index in [0.29, 0.717) is 22.8 Å². The first-order valence-corrected chi connectivity index (χ1v) is 13.6. The van der Waals surface area contributed by atoms with Crippen LogP contribution >= 0.6 is 0 Å². The number of halogens is 1. The Labute approximate surface area is 232 Å². The summed E-state index contributed by atoms with van der Waals surface area (Å²) in [5, 5.41) is 15.6. The van der Waals surface area contributed by atoms with Crippen molar-refractivity contribution < 1.29 is 18.4 Å². The van der Waals surface area contributed by atoms with E-state index in [2.05, 4.69) is 20.7 Å². The molecule has 2 aromatic carbocycles. The van der Waals surface area contributed by atoms with E-state index in [0.717, 1.165) is 43.2 Å². The Morgan fingerprint density at radius 2 is 1.80 bits per heavy atom. The van der Waals surface area contributed by atoms with Crippen molar-refractivity contribution in [1.82, 2.24) is 25.5 Å². The van der Waals surface area contributed by atoms with E-state index in [9.17, 15) is 14.0 Å². The molecule has 1 saturated carbocycles. The molecule has 0 unspecified atom stereocenters. The van der Waals surface area contributed by atoms with Gasteiger partial charge in [0.1, 0.15) is 24.2 Å². The standard InChI is InChI=1S/C30H33FN6O3/c1-19-9-15-25(20(2)17-19)37(27(38)18-36-34-29(33-35-36)26-16-10-21(3)40-26)28(22-11-13-23(31)14-12-22)30(39)32-24-7-5-4-6-8-24/h9-17,24,28H,4-8,18H2,1-3H3,(H,32,39)/t28-/m1/s1. The molecule has 1 aliphatic rings. The van der Waals surface area contributed by atoms with E-state index in [1.807, 2.05) is 39.0 Å². The molecule has 0 bridgehead atoms. The van der Waals surface area contributed by atoms with Crippen LogP contribution in [0.15, 0.2) is 59.0 Å². The average molecular weight is 545 g/mol. The van der Waals surface area contributed by atoms with E-state index in [1.165, 1.54) is 21.8 Å². The quantitative estimate of drug-likeness (QED) is 0.326. The molecule has 208 valence electrons. The summed E-state index contributed by atoms with van der Waals surface area (Å²) in [6.45, 7) is 5.41. The summed E-state index contributed by atoms with van der Waals surface area (Å²) < 4.78 is 19.5. The highest BCUT2D eigenvalue weighted by Gasteiger charge is 2.35. The second-order valence-electron chi connectivity index (χ2n) is 10.4. The molecule has 9 nitrogen and oxygen atoms in total. The highest BCUT2D eigenvalue weighted by atomic mass is 19.1. The molecule has 0 saturated heterocycles. The Hall–Kier alpha value is -4.34. The number of furan rings is 1. The number of carbonyl (C=O) groups is 2. The molecule has 2 heterocycles. The second-order valence-corrected chi connectivity index (χ2v) is 10.4. The zero-order chi connectivity index (χ0) is 28.2. The van der Waals surface area contributed by atoms with Crippen molar-refractivity contribution in [2.45, 2.75) is 71.5 Å². The normalized spacial score (nSPS) is 14.6. The van der Waals surface area contributed by atoms with Crippen LogP contribution in [0, 0.1) is 26.6 Å². The van der Waals surface area contributed by atoms with Crippen LogP contribution < -0.4 is 10.2 Å². The van der Waals surface area contributed by atoms with E-state index in [1.54, 1.807) is 24.3 Å². The molecule has 4 aromatic rings. The third-order valence-electron chi connectivity index (χ3n) is 7.21. The van der Waals surface area contributed by atoms with Crippen molar-refractivity contribution in [1.29, 1.82) is 0 Å². The van der Waals surface area contributed by atoms with Crippen LogP contribution in [0.4, 0.5) is 10.1 Å². The van der Waals surface area contributed by atoms with Gasteiger partial charge in [-0.05, 0) is 80.3 Å². The van der Waals surface area contributed by atoms with E-state index in [4.69, 9.17) is 4.42 Å². The number of rotatable bonds is 8. The van der Waals surface area contributed by atoms with Gasteiger partial charge >= 0.3 is 0 Å². The lowest BCUT2D eigenvalue weighted by atomic mass is 9.94. The van der Waals surface area contributed by atoms with Crippen molar-refractivity contribution in [3.05, 3.63) is 82.9 Å². The molecular weight excluding hydrogens is 511 g/mol. The Morgan fingerprint density at radius 3 is 2.48 bits per heavy atom. The third-order valence-corrected chi connectivity index (χ3v) is 7.21. The number of aromatic nitrogens is 4. The maximum absolute atomic E-state index is 14.1. The molecule has 2 aromatic heterocycles. The molecule has 10 heteroatoms. The molecular formula is C30H33FN6O3.